The van der Waals surface area contributed by atoms with Crippen molar-refractivity contribution < 1.29 is 18.7 Å². The maximum absolute atomic E-state index is 14.4. The van der Waals surface area contributed by atoms with Gasteiger partial charge in [0.05, 0.1) is 29.3 Å². The second kappa shape index (κ2) is 19.1. The van der Waals surface area contributed by atoms with E-state index >= 15 is 0 Å². The predicted octanol–water partition coefficient (Wildman–Crippen LogP) is 7.37. The van der Waals surface area contributed by atoms with Crippen molar-refractivity contribution in [2.75, 3.05) is 50.5 Å². The number of aromatic nitrogens is 8. The van der Waals surface area contributed by atoms with Crippen LogP contribution in [0.15, 0.2) is 55.4 Å². The fraction of sp³-hybridized carbons (Fsp3) is 0.415. The number of pyridine rings is 2. The Morgan fingerprint density at radius 2 is 1.44 bits per heavy atom. The van der Waals surface area contributed by atoms with Crippen LogP contribution in [-0.4, -0.2) is 113 Å². The summed E-state index contributed by atoms with van der Waals surface area (Å²) in [5.74, 6) is 1.93. The maximum atomic E-state index is 14.4. The highest BCUT2D eigenvalue weighted by Crippen LogP contribution is 2.30. The summed E-state index contributed by atoms with van der Waals surface area (Å²) in [6.45, 7) is 7.27. The van der Waals surface area contributed by atoms with Crippen molar-refractivity contribution in [3.05, 3.63) is 71.2 Å². The molecule has 0 spiro atoms. The highest BCUT2D eigenvalue weighted by molar-refractivity contribution is 6.31. The molecular weight excluding hydrogens is 798 g/mol. The van der Waals surface area contributed by atoms with Crippen LogP contribution in [0.2, 0.25) is 10.0 Å². The zero-order chi connectivity index (χ0) is 41.5. The molecule has 0 aliphatic carbocycles. The van der Waals surface area contributed by atoms with Crippen LogP contribution < -0.4 is 10.6 Å². The second-order valence-electron chi connectivity index (χ2n) is 15.1. The van der Waals surface area contributed by atoms with Gasteiger partial charge in [0, 0.05) is 105 Å². The van der Waals surface area contributed by atoms with Crippen LogP contribution in [-0.2, 0) is 14.3 Å². The number of carbonyl (C=O) groups is 2. The molecule has 2 fully saturated rings. The molecule has 59 heavy (non-hydrogen) atoms. The molecule has 2 unspecified atom stereocenters. The zero-order valence-corrected chi connectivity index (χ0v) is 34.7. The summed E-state index contributed by atoms with van der Waals surface area (Å²) < 4.78 is 19.4. The third-order valence-electron chi connectivity index (χ3n) is 10.2. The monoisotopic (exact) mass is 844 g/mol. The topological polar surface area (TPSA) is 183 Å². The smallest absolute Gasteiger partial charge is 0.224 e. The Hall–Kier alpha value is -5.45. The van der Waals surface area contributed by atoms with Crippen molar-refractivity contribution in [1.82, 2.24) is 49.7 Å². The number of piperidine rings is 2. The summed E-state index contributed by atoms with van der Waals surface area (Å²) in [7, 11) is 1.57. The Balaban J connectivity index is 0.000000179. The molecular formula is C41H47Cl2FN12O3. The van der Waals surface area contributed by atoms with Crippen molar-refractivity contribution in [1.29, 1.82) is 0 Å². The van der Waals surface area contributed by atoms with Gasteiger partial charge >= 0.3 is 0 Å². The van der Waals surface area contributed by atoms with Crippen LogP contribution in [0.5, 0.6) is 0 Å². The number of methoxy groups -OCH3 is 1. The molecule has 2 aliphatic rings. The van der Waals surface area contributed by atoms with E-state index < -0.39 is 5.82 Å². The summed E-state index contributed by atoms with van der Waals surface area (Å²) >= 11 is 12.2. The lowest BCUT2D eigenvalue weighted by molar-refractivity contribution is -0.133. The molecule has 6 aromatic heterocycles. The van der Waals surface area contributed by atoms with E-state index in [-0.39, 0.29) is 29.7 Å². The van der Waals surface area contributed by atoms with Gasteiger partial charge in [-0.3, -0.25) is 9.59 Å². The number of ether oxygens (including phenoxy) is 1. The minimum Gasteiger partial charge on any atom is -0.384 e. The van der Waals surface area contributed by atoms with Gasteiger partial charge in [0.15, 0.2) is 23.3 Å². The fourth-order valence-electron chi connectivity index (χ4n) is 7.36. The molecule has 2 amide bonds. The molecule has 310 valence electrons. The van der Waals surface area contributed by atoms with Crippen LogP contribution in [0.4, 0.5) is 16.0 Å². The molecule has 0 bridgehead atoms. The molecule has 0 radical (unpaired) electrons. The molecule has 6 aromatic rings. The number of halogens is 3. The number of amides is 2. The lowest BCUT2D eigenvalue weighted by Gasteiger charge is -2.34. The average molecular weight is 846 g/mol. The van der Waals surface area contributed by atoms with Crippen molar-refractivity contribution >= 4 is 68.7 Å². The van der Waals surface area contributed by atoms with Crippen molar-refractivity contribution in [3.63, 3.8) is 0 Å². The minimum atomic E-state index is -0.544. The van der Waals surface area contributed by atoms with Gasteiger partial charge in [0.1, 0.15) is 17.1 Å². The Kier molecular flexibility index (Phi) is 13.5. The SMILES string of the molecule is CC(C)CC(=O)N1CCCC(Nc2ccnc(-c3c[nH]c4ncc(Cl)cc34)n2)C1.COCCC(=O)N1CCCC(Nc2nc(-c3c[nH]c4ncc(Cl)cc34)ncc2F)C1. The minimum absolute atomic E-state index is 0.0374. The van der Waals surface area contributed by atoms with Crippen LogP contribution in [0.3, 0.4) is 0 Å². The van der Waals surface area contributed by atoms with Gasteiger partial charge in [-0.1, -0.05) is 37.0 Å². The van der Waals surface area contributed by atoms with Gasteiger partial charge < -0.3 is 35.1 Å². The lowest BCUT2D eigenvalue weighted by Crippen LogP contribution is -2.45. The van der Waals surface area contributed by atoms with Crippen molar-refractivity contribution in [3.8, 4) is 22.8 Å². The summed E-state index contributed by atoms with van der Waals surface area (Å²) in [5, 5.41) is 9.34. The number of rotatable bonds is 11. The Morgan fingerprint density at radius 3 is 2.05 bits per heavy atom. The van der Waals surface area contributed by atoms with E-state index in [9.17, 15) is 14.0 Å². The van der Waals surface area contributed by atoms with E-state index in [1.54, 1.807) is 42.9 Å². The van der Waals surface area contributed by atoms with E-state index in [1.807, 2.05) is 23.2 Å². The van der Waals surface area contributed by atoms with Crippen LogP contribution in [0.25, 0.3) is 44.8 Å². The number of likely N-dealkylation sites (tertiary alicyclic amines) is 2. The van der Waals surface area contributed by atoms with Crippen LogP contribution in [0, 0.1) is 11.7 Å². The number of hydrogen-bond donors (Lipinski definition) is 4. The van der Waals surface area contributed by atoms with E-state index in [4.69, 9.17) is 32.9 Å². The summed E-state index contributed by atoms with van der Waals surface area (Å²) in [5.41, 5.74) is 2.94. The Bertz CT molecular complexity index is 2410. The highest BCUT2D eigenvalue weighted by Gasteiger charge is 2.26. The lowest BCUT2D eigenvalue weighted by atomic mass is 10.0. The molecule has 2 saturated heterocycles. The molecule has 2 aliphatic heterocycles. The molecule has 8 heterocycles. The van der Waals surface area contributed by atoms with Crippen LogP contribution in [0.1, 0.15) is 52.4 Å². The Morgan fingerprint density at radius 1 is 0.847 bits per heavy atom. The van der Waals surface area contributed by atoms with Gasteiger partial charge in [-0.15, -0.1) is 0 Å². The largest absolute Gasteiger partial charge is 0.384 e. The summed E-state index contributed by atoms with van der Waals surface area (Å²) in [6, 6.07) is 5.57. The number of hydrogen-bond acceptors (Lipinski definition) is 11. The molecule has 15 nitrogen and oxygen atoms in total. The zero-order valence-electron chi connectivity index (χ0n) is 33.1. The van der Waals surface area contributed by atoms with Gasteiger partial charge in [0.25, 0.3) is 0 Å². The first kappa shape index (κ1) is 41.7. The molecule has 4 N–H and O–H groups in total. The van der Waals surface area contributed by atoms with Gasteiger partial charge in [-0.05, 0) is 49.8 Å². The third kappa shape index (κ3) is 10.4. The maximum Gasteiger partial charge on any atom is 0.224 e. The molecule has 18 heteroatoms. The molecule has 0 aromatic carbocycles. The third-order valence-corrected chi connectivity index (χ3v) is 10.6. The number of nitrogens with zero attached hydrogens (tertiary/aromatic N) is 8. The fourth-order valence-corrected chi connectivity index (χ4v) is 7.68. The predicted molar refractivity (Wildman–Crippen MR) is 227 cm³/mol. The van der Waals surface area contributed by atoms with Gasteiger partial charge in [-0.25, -0.2) is 34.3 Å². The molecule has 2 atom stereocenters. The Labute approximate surface area is 350 Å². The first-order valence-electron chi connectivity index (χ1n) is 19.7. The number of nitrogens with one attached hydrogen (secondary N) is 4. The van der Waals surface area contributed by atoms with Crippen LogP contribution >= 0.6 is 23.2 Å². The number of fused-ring (bicyclic) bond motifs is 2. The quantitative estimate of drug-likeness (QED) is 0.102. The highest BCUT2D eigenvalue weighted by atomic mass is 35.5. The number of H-pyrrole nitrogens is 2. The number of aromatic amines is 2. The molecule has 0 saturated carbocycles. The first-order valence-corrected chi connectivity index (χ1v) is 20.5. The van der Waals surface area contributed by atoms with Gasteiger partial charge in [-0.2, -0.15) is 0 Å². The van der Waals surface area contributed by atoms with E-state index in [0.717, 1.165) is 66.2 Å². The van der Waals surface area contributed by atoms with E-state index in [2.05, 4.69) is 59.4 Å². The summed E-state index contributed by atoms with van der Waals surface area (Å²) in [6.07, 6.45) is 14.2. The molecule has 8 rings (SSSR count). The van der Waals surface area contributed by atoms with E-state index in [0.29, 0.717) is 77.9 Å². The normalized spacial score (nSPS) is 16.9. The average Bonchev–Trinajstić information content (AvgIpc) is 3.85. The second-order valence-corrected chi connectivity index (χ2v) is 16.0. The van der Waals surface area contributed by atoms with Gasteiger partial charge in [0.2, 0.25) is 11.8 Å². The number of carbonyl (C=O) groups excluding carboxylic acids is 2. The standard InChI is InChI=1S/C21H25ClN6O.C20H22ClFN6O2/c1-13(2)8-19(29)28-7-3-4-15(12-28)26-18-5-6-23-21(27-18)17-11-25-20-16(17)9-14(22)10-24-20;1-30-6-4-17(29)28-5-2-3-13(11-28)26-20-16(22)10-25-19(27-20)15-9-24-18-14(15)7-12(21)8-23-18/h5-6,9-11,13,15H,3-4,7-8,12H2,1-2H3,(H,24,25)(H,23,26,27);7-10,13H,2-6,11H2,1H3,(H,23,24)(H,25,26,27). The van der Waals surface area contributed by atoms with E-state index in [1.165, 1.54) is 0 Å². The van der Waals surface area contributed by atoms with Crippen molar-refractivity contribution in [2.24, 2.45) is 5.92 Å². The summed E-state index contributed by atoms with van der Waals surface area (Å²) in [4.78, 5) is 60.8. The first-order chi connectivity index (χ1) is 28.5. The number of anilines is 2. The van der Waals surface area contributed by atoms with Crippen molar-refractivity contribution in [2.45, 2.75) is 64.5 Å².